The van der Waals surface area contributed by atoms with Crippen LogP contribution in [0.3, 0.4) is 0 Å². The van der Waals surface area contributed by atoms with Gasteiger partial charge in [0.05, 0.1) is 31.1 Å². The van der Waals surface area contributed by atoms with Gasteiger partial charge in [-0.15, -0.1) is 0 Å². The number of unbranched alkanes of at least 4 members (excludes halogenated alkanes) is 1. The molecule has 1 unspecified atom stereocenters. The number of nitrogens with zero attached hydrogens (tertiary/aromatic N) is 2. The fraction of sp³-hybridized carbons (Fsp3) is 0.500. The largest absolute Gasteiger partial charge is 0.487 e. The molecule has 37 heavy (non-hydrogen) atoms. The first kappa shape index (κ1) is 26.7. The first-order valence-electron chi connectivity index (χ1n) is 12.2. The Balaban J connectivity index is 1.82. The summed E-state index contributed by atoms with van der Waals surface area (Å²) in [6, 6.07) is 3.02. The molecular weight excluding hydrogens is 488 g/mol. The summed E-state index contributed by atoms with van der Waals surface area (Å²) in [7, 11) is 3.10. The van der Waals surface area contributed by atoms with Crippen molar-refractivity contribution in [3.63, 3.8) is 0 Å². The SMILES string of the molecule is CCCCOc1c2n(c(COC)c(C(=O)NCc3ccc(F)cc3F)c1=O)CC1(CCOC1)N(C)C2=O. The maximum absolute atomic E-state index is 14.1. The van der Waals surface area contributed by atoms with Crippen molar-refractivity contribution in [2.45, 2.75) is 51.4 Å². The maximum atomic E-state index is 14.1. The van der Waals surface area contributed by atoms with E-state index in [2.05, 4.69) is 5.32 Å². The Bertz CT molecular complexity index is 1260. The number of hydrogen-bond donors (Lipinski definition) is 1. The Morgan fingerprint density at radius 2 is 2.05 bits per heavy atom. The number of amides is 2. The smallest absolute Gasteiger partial charge is 0.274 e. The van der Waals surface area contributed by atoms with Gasteiger partial charge in [0.2, 0.25) is 5.43 Å². The van der Waals surface area contributed by atoms with Gasteiger partial charge in [-0.25, -0.2) is 8.78 Å². The summed E-state index contributed by atoms with van der Waals surface area (Å²) in [4.78, 5) is 42.3. The third kappa shape index (κ3) is 4.97. The molecule has 0 radical (unpaired) electrons. The van der Waals surface area contributed by atoms with Crippen molar-refractivity contribution in [2.75, 3.05) is 34.0 Å². The van der Waals surface area contributed by atoms with E-state index in [0.717, 1.165) is 18.6 Å². The van der Waals surface area contributed by atoms with Crippen LogP contribution < -0.4 is 15.5 Å². The number of hydrogen-bond acceptors (Lipinski definition) is 6. The molecule has 9 nitrogen and oxygen atoms in total. The number of methoxy groups -OCH3 is 1. The van der Waals surface area contributed by atoms with Crippen molar-refractivity contribution in [3.8, 4) is 5.75 Å². The van der Waals surface area contributed by atoms with Gasteiger partial charge in [0.1, 0.15) is 17.2 Å². The van der Waals surface area contributed by atoms with Crippen LogP contribution in [0.2, 0.25) is 0 Å². The molecule has 1 spiro atoms. The predicted octanol–water partition coefficient (Wildman–Crippen LogP) is 2.63. The van der Waals surface area contributed by atoms with Gasteiger partial charge < -0.3 is 29.0 Å². The minimum atomic E-state index is -0.819. The van der Waals surface area contributed by atoms with Gasteiger partial charge >= 0.3 is 0 Å². The van der Waals surface area contributed by atoms with Gasteiger partial charge in [-0.3, -0.25) is 14.4 Å². The zero-order chi connectivity index (χ0) is 26.7. The number of fused-ring (bicyclic) bond motifs is 1. The molecular formula is C26H31F2N3O6. The average molecular weight is 520 g/mol. The molecule has 1 aromatic heterocycles. The highest BCUT2D eigenvalue weighted by Gasteiger charge is 2.48. The number of nitrogens with one attached hydrogen (secondary N) is 1. The predicted molar refractivity (Wildman–Crippen MR) is 130 cm³/mol. The van der Waals surface area contributed by atoms with Crippen molar-refractivity contribution in [3.05, 3.63) is 62.6 Å². The number of likely N-dealkylation sites (N-methyl/N-ethyl adjacent to an activating group) is 1. The molecule has 1 fully saturated rings. The van der Waals surface area contributed by atoms with Gasteiger partial charge in [-0.2, -0.15) is 0 Å². The third-order valence-corrected chi connectivity index (χ3v) is 6.99. The highest BCUT2D eigenvalue weighted by molar-refractivity contribution is 6.00. The van der Waals surface area contributed by atoms with E-state index >= 15 is 0 Å². The van der Waals surface area contributed by atoms with Gasteiger partial charge in [-0.05, 0) is 18.9 Å². The molecule has 4 rings (SSSR count). The standard InChI is InChI=1S/C26H31F2N3O6/c1-4-5-9-37-23-21-25(34)30(2)26(8-10-36-15-26)14-31(21)19(13-35-3)20(22(23)32)24(33)29-12-16-6-7-17(27)11-18(16)28/h6-7,11H,4-5,8-10,12-15H2,1-3H3,(H,29,33). The summed E-state index contributed by atoms with van der Waals surface area (Å²) in [5, 5.41) is 2.55. The third-order valence-electron chi connectivity index (χ3n) is 6.99. The summed E-state index contributed by atoms with van der Waals surface area (Å²) >= 11 is 0. The van der Waals surface area contributed by atoms with Crippen LogP contribution in [0.5, 0.6) is 5.75 Å². The number of aromatic nitrogens is 1. The Morgan fingerprint density at radius 1 is 1.27 bits per heavy atom. The monoisotopic (exact) mass is 519 g/mol. The number of benzene rings is 1. The molecule has 0 saturated carbocycles. The molecule has 1 N–H and O–H groups in total. The molecule has 2 aromatic rings. The summed E-state index contributed by atoms with van der Waals surface area (Å²) < 4.78 is 45.9. The van der Waals surface area contributed by atoms with E-state index in [1.807, 2.05) is 6.92 Å². The summed E-state index contributed by atoms with van der Waals surface area (Å²) in [5.74, 6) is -2.94. The van der Waals surface area contributed by atoms with E-state index in [0.29, 0.717) is 26.1 Å². The highest BCUT2D eigenvalue weighted by atomic mass is 19.1. The number of rotatable bonds is 9. The Morgan fingerprint density at radius 3 is 2.70 bits per heavy atom. The quantitative estimate of drug-likeness (QED) is 0.512. The molecule has 0 aliphatic carbocycles. The molecule has 1 aromatic carbocycles. The van der Waals surface area contributed by atoms with E-state index in [-0.39, 0.29) is 54.6 Å². The van der Waals surface area contributed by atoms with Gasteiger partial charge in [0, 0.05) is 45.5 Å². The zero-order valence-corrected chi connectivity index (χ0v) is 21.2. The van der Waals surface area contributed by atoms with Crippen molar-refractivity contribution < 1.29 is 32.6 Å². The minimum Gasteiger partial charge on any atom is -0.487 e. The topological polar surface area (TPSA) is 99.1 Å². The van der Waals surface area contributed by atoms with Crippen LogP contribution in [0.25, 0.3) is 0 Å². The van der Waals surface area contributed by atoms with Gasteiger partial charge in [0.15, 0.2) is 11.4 Å². The normalized spacial score (nSPS) is 18.8. The first-order chi connectivity index (χ1) is 17.7. The van der Waals surface area contributed by atoms with E-state index in [4.69, 9.17) is 14.2 Å². The van der Waals surface area contributed by atoms with Crippen molar-refractivity contribution in [2.24, 2.45) is 0 Å². The van der Waals surface area contributed by atoms with Gasteiger partial charge in [0.25, 0.3) is 11.8 Å². The lowest BCUT2D eigenvalue weighted by atomic mass is 9.91. The van der Waals surface area contributed by atoms with Crippen molar-refractivity contribution >= 4 is 11.8 Å². The number of pyridine rings is 1. The number of halogens is 2. The number of ether oxygens (including phenoxy) is 3. The average Bonchev–Trinajstić information content (AvgIpc) is 3.33. The number of carbonyl (C=O) groups excluding carboxylic acids is 2. The molecule has 1 saturated heterocycles. The van der Waals surface area contributed by atoms with Crippen LogP contribution in [-0.4, -0.2) is 60.8 Å². The van der Waals surface area contributed by atoms with E-state index in [1.54, 1.807) is 16.5 Å². The summed E-state index contributed by atoms with van der Waals surface area (Å²) in [5.41, 5.74) is -1.30. The number of carbonyl (C=O) groups is 2. The second kappa shape index (κ2) is 11.0. The van der Waals surface area contributed by atoms with Crippen LogP contribution in [0.15, 0.2) is 23.0 Å². The fourth-order valence-corrected chi connectivity index (χ4v) is 4.79. The Hall–Kier alpha value is -3.31. The second-order valence-corrected chi connectivity index (χ2v) is 9.36. The fourth-order valence-electron chi connectivity index (χ4n) is 4.79. The van der Waals surface area contributed by atoms with Crippen LogP contribution in [0.1, 0.15) is 58.3 Å². The van der Waals surface area contributed by atoms with E-state index in [1.165, 1.54) is 13.2 Å². The lowest BCUT2D eigenvalue weighted by Crippen LogP contribution is -2.58. The van der Waals surface area contributed by atoms with Crippen molar-refractivity contribution in [1.29, 1.82) is 0 Å². The Kier molecular flexibility index (Phi) is 7.93. The molecule has 2 amide bonds. The summed E-state index contributed by atoms with van der Waals surface area (Å²) in [6.45, 7) is 2.82. The molecule has 0 bridgehead atoms. The molecule has 2 aliphatic rings. The molecule has 11 heteroatoms. The van der Waals surface area contributed by atoms with Crippen molar-refractivity contribution in [1.82, 2.24) is 14.8 Å². The van der Waals surface area contributed by atoms with E-state index < -0.39 is 34.4 Å². The second-order valence-electron chi connectivity index (χ2n) is 9.36. The molecule has 200 valence electrons. The molecule has 3 heterocycles. The lowest BCUT2D eigenvalue weighted by molar-refractivity contribution is 0.0325. The maximum Gasteiger partial charge on any atom is 0.274 e. The van der Waals surface area contributed by atoms with Gasteiger partial charge in [-0.1, -0.05) is 19.4 Å². The minimum absolute atomic E-state index is 0.0550. The van der Waals surface area contributed by atoms with Crippen LogP contribution in [-0.2, 0) is 29.2 Å². The van der Waals surface area contributed by atoms with Crippen LogP contribution in [0.4, 0.5) is 8.78 Å². The zero-order valence-electron chi connectivity index (χ0n) is 21.2. The highest BCUT2D eigenvalue weighted by Crippen LogP contribution is 2.36. The molecule has 1 atom stereocenters. The van der Waals surface area contributed by atoms with Crippen LogP contribution >= 0.6 is 0 Å². The molecule has 2 aliphatic heterocycles. The summed E-state index contributed by atoms with van der Waals surface area (Å²) in [6.07, 6.45) is 2.03. The lowest BCUT2D eigenvalue weighted by Gasteiger charge is -2.44. The first-order valence-corrected chi connectivity index (χ1v) is 12.2. The Labute approximate surface area is 213 Å². The van der Waals surface area contributed by atoms with Crippen LogP contribution in [0, 0.1) is 11.6 Å². The van der Waals surface area contributed by atoms with E-state index in [9.17, 15) is 23.2 Å².